The van der Waals surface area contributed by atoms with Gasteiger partial charge in [-0.2, -0.15) is 0 Å². The first-order valence-electron chi connectivity index (χ1n) is 11.3. The normalized spacial score (nSPS) is 13.9. The molecule has 0 atom stereocenters. The highest BCUT2D eigenvalue weighted by atomic mass is 15.1. The average Bonchev–Trinajstić information content (AvgIpc) is 2.85. The Morgan fingerprint density at radius 2 is 1.28 bits per heavy atom. The van der Waals surface area contributed by atoms with E-state index in [1.807, 2.05) is 0 Å². The van der Waals surface area contributed by atoms with Gasteiger partial charge in [-0.25, -0.2) is 0 Å². The van der Waals surface area contributed by atoms with Crippen molar-refractivity contribution < 1.29 is 0 Å². The van der Waals surface area contributed by atoms with Crippen LogP contribution in [0.25, 0.3) is 22.3 Å². The third kappa shape index (κ3) is 3.18. The Hall–Kier alpha value is -3.84. The fraction of sp³-hybridized carbons (Fsp3) is 0.0968. The van der Waals surface area contributed by atoms with Crippen LogP contribution in [0.3, 0.4) is 0 Å². The highest BCUT2D eigenvalue weighted by Gasteiger charge is 2.26. The van der Waals surface area contributed by atoms with Crippen LogP contribution >= 0.6 is 0 Å². The number of benzene rings is 4. The molecule has 4 aromatic rings. The van der Waals surface area contributed by atoms with Gasteiger partial charge in [-0.15, -0.1) is 0 Å². The van der Waals surface area contributed by atoms with E-state index in [9.17, 15) is 0 Å². The van der Waals surface area contributed by atoms with Crippen LogP contribution in [0.4, 0.5) is 17.1 Å². The lowest BCUT2D eigenvalue weighted by Crippen LogP contribution is -2.13. The van der Waals surface area contributed by atoms with Gasteiger partial charge in [0, 0.05) is 17.1 Å². The molecule has 2 aliphatic carbocycles. The monoisotopic (exact) mass is 411 g/mol. The van der Waals surface area contributed by atoms with Gasteiger partial charge in [-0.3, -0.25) is 0 Å². The number of allylic oxidation sites excluding steroid dienone is 4. The largest absolute Gasteiger partial charge is 0.310 e. The van der Waals surface area contributed by atoms with E-state index in [4.69, 9.17) is 0 Å². The van der Waals surface area contributed by atoms with Crippen molar-refractivity contribution in [2.45, 2.75) is 19.8 Å². The number of hydrogen-bond acceptors (Lipinski definition) is 1. The summed E-state index contributed by atoms with van der Waals surface area (Å²) in [5, 5.41) is 0. The smallest absolute Gasteiger partial charge is 0.0468 e. The highest BCUT2D eigenvalue weighted by molar-refractivity contribution is 6.09. The minimum Gasteiger partial charge on any atom is -0.310 e. The first-order valence-corrected chi connectivity index (χ1v) is 11.3. The zero-order valence-corrected chi connectivity index (χ0v) is 18.3. The Kier molecular flexibility index (Phi) is 4.54. The number of rotatable bonds is 4. The summed E-state index contributed by atoms with van der Waals surface area (Å²) in [5.41, 5.74) is 13.1. The third-order valence-corrected chi connectivity index (χ3v) is 6.57. The summed E-state index contributed by atoms with van der Waals surface area (Å²) in [4.78, 5) is 2.37. The summed E-state index contributed by atoms with van der Waals surface area (Å²) in [6.45, 7) is 2.14. The maximum absolute atomic E-state index is 2.37. The summed E-state index contributed by atoms with van der Waals surface area (Å²) in [7, 11) is 0. The molecule has 0 amide bonds. The summed E-state index contributed by atoms with van der Waals surface area (Å²) in [6, 6.07) is 35.2. The molecule has 0 aliphatic heterocycles. The molecule has 1 nitrogen and oxygen atoms in total. The van der Waals surface area contributed by atoms with Crippen molar-refractivity contribution in [1.82, 2.24) is 0 Å². The van der Waals surface area contributed by atoms with Crippen LogP contribution < -0.4 is 4.90 Å². The van der Waals surface area contributed by atoms with Crippen LogP contribution in [0, 0.1) is 6.92 Å². The molecule has 0 fully saturated rings. The Balaban J connectivity index is 1.42. The van der Waals surface area contributed by atoms with Crippen LogP contribution in [-0.4, -0.2) is 0 Å². The highest BCUT2D eigenvalue weighted by Crippen LogP contribution is 2.48. The van der Waals surface area contributed by atoms with E-state index in [-0.39, 0.29) is 0 Å². The maximum Gasteiger partial charge on any atom is 0.0468 e. The lowest BCUT2D eigenvalue weighted by Gasteiger charge is -2.32. The fourth-order valence-electron chi connectivity index (χ4n) is 4.86. The van der Waals surface area contributed by atoms with E-state index in [2.05, 4.69) is 121 Å². The Labute approximate surface area is 190 Å². The molecule has 1 heteroatoms. The molecule has 0 N–H and O–H groups in total. The predicted octanol–water partition coefficient (Wildman–Crippen LogP) is 8.71. The van der Waals surface area contributed by atoms with Crippen molar-refractivity contribution in [3.8, 4) is 11.1 Å². The van der Waals surface area contributed by atoms with Crippen LogP contribution in [0.1, 0.15) is 29.5 Å². The van der Waals surface area contributed by atoms with Gasteiger partial charge < -0.3 is 4.90 Å². The molecule has 0 bridgehead atoms. The summed E-state index contributed by atoms with van der Waals surface area (Å²) in [6.07, 6.45) is 6.88. The molecule has 154 valence electrons. The molecule has 0 aromatic heterocycles. The zero-order valence-electron chi connectivity index (χ0n) is 18.3. The van der Waals surface area contributed by atoms with Crippen molar-refractivity contribution in [2.24, 2.45) is 0 Å². The van der Waals surface area contributed by atoms with Crippen molar-refractivity contribution in [3.05, 3.63) is 126 Å². The number of aryl methyl sites for hydroxylation is 1. The summed E-state index contributed by atoms with van der Waals surface area (Å²) in [5.74, 6) is 0. The first kappa shape index (κ1) is 18.9. The van der Waals surface area contributed by atoms with Crippen molar-refractivity contribution in [3.63, 3.8) is 0 Å². The Morgan fingerprint density at radius 3 is 2.03 bits per heavy atom. The van der Waals surface area contributed by atoms with Gasteiger partial charge in [-0.05, 0) is 89.6 Å². The van der Waals surface area contributed by atoms with Gasteiger partial charge in [0.2, 0.25) is 0 Å². The molecule has 0 unspecified atom stereocenters. The maximum atomic E-state index is 2.37. The molecule has 6 rings (SSSR count). The van der Waals surface area contributed by atoms with Gasteiger partial charge in [0.05, 0.1) is 0 Å². The standard InChI is InChI=1S/C31H25N/c1-22-11-15-25(16-12-22)32(26-17-13-24(14-18-26)23-7-3-2-4-8-23)27-19-20-30-28-9-5-6-10-29(28)31(30)21-27/h2-5,7-9,11-21H,6,10H2,1H3. The van der Waals surface area contributed by atoms with Gasteiger partial charge in [-0.1, -0.05) is 78.4 Å². The molecule has 2 aliphatic rings. The van der Waals surface area contributed by atoms with Crippen LogP contribution in [-0.2, 0) is 0 Å². The topological polar surface area (TPSA) is 3.24 Å². The second-order valence-corrected chi connectivity index (χ2v) is 8.65. The van der Waals surface area contributed by atoms with E-state index in [0.717, 1.165) is 12.8 Å². The average molecular weight is 412 g/mol. The van der Waals surface area contributed by atoms with E-state index in [1.54, 1.807) is 0 Å². The van der Waals surface area contributed by atoms with Crippen LogP contribution in [0.2, 0.25) is 0 Å². The van der Waals surface area contributed by atoms with E-state index in [1.165, 1.54) is 56.0 Å². The second kappa shape index (κ2) is 7.69. The van der Waals surface area contributed by atoms with Gasteiger partial charge in [0.1, 0.15) is 0 Å². The minimum absolute atomic E-state index is 1.14. The molecule has 0 spiro atoms. The minimum atomic E-state index is 1.14. The van der Waals surface area contributed by atoms with Gasteiger partial charge >= 0.3 is 0 Å². The van der Waals surface area contributed by atoms with Crippen molar-refractivity contribution >= 4 is 28.2 Å². The molecular weight excluding hydrogens is 386 g/mol. The van der Waals surface area contributed by atoms with E-state index < -0.39 is 0 Å². The van der Waals surface area contributed by atoms with Gasteiger partial charge in [0.15, 0.2) is 0 Å². The van der Waals surface area contributed by atoms with Crippen LogP contribution in [0.15, 0.2) is 109 Å². The second-order valence-electron chi connectivity index (χ2n) is 8.65. The Bertz CT molecular complexity index is 1340. The number of hydrogen-bond donors (Lipinski definition) is 0. The Morgan fingerprint density at radius 1 is 0.625 bits per heavy atom. The molecule has 4 aromatic carbocycles. The van der Waals surface area contributed by atoms with Gasteiger partial charge in [0.25, 0.3) is 0 Å². The lowest BCUT2D eigenvalue weighted by molar-refractivity contribution is 1.04. The quantitative estimate of drug-likeness (QED) is 0.324. The molecular formula is C31H25N. The molecule has 0 radical (unpaired) electrons. The van der Waals surface area contributed by atoms with Crippen molar-refractivity contribution in [2.75, 3.05) is 4.90 Å². The molecule has 0 saturated carbocycles. The SMILES string of the molecule is Cc1ccc(N(c2ccc(-c3ccccc3)cc2)c2ccc3c(c2)C2=C3C=CCC2)cc1. The zero-order chi connectivity index (χ0) is 21.5. The lowest BCUT2D eigenvalue weighted by atomic mass is 9.76. The van der Waals surface area contributed by atoms with E-state index >= 15 is 0 Å². The molecule has 32 heavy (non-hydrogen) atoms. The summed E-state index contributed by atoms with van der Waals surface area (Å²) >= 11 is 0. The van der Waals surface area contributed by atoms with Crippen LogP contribution in [0.5, 0.6) is 0 Å². The number of nitrogens with zero attached hydrogens (tertiary/aromatic N) is 1. The molecule has 0 heterocycles. The predicted molar refractivity (Wildman–Crippen MR) is 136 cm³/mol. The molecule has 0 saturated heterocycles. The summed E-state index contributed by atoms with van der Waals surface area (Å²) < 4.78 is 0. The third-order valence-electron chi connectivity index (χ3n) is 6.57. The van der Waals surface area contributed by atoms with Crippen molar-refractivity contribution in [1.29, 1.82) is 0 Å². The number of fused-ring (bicyclic) bond motifs is 3. The first-order chi connectivity index (χ1) is 15.8. The number of anilines is 3. The fourth-order valence-corrected chi connectivity index (χ4v) is 4.86. The van der Waals surface area contributed by atoms with E-state index in [0.29, 0.717) is 0 Å².